The van der Waals surface area contributed by atoms with Gasteiger partial charge in [-0.15, -0.1) is 0 Å². The van der Waals surface area contributed by atoms with Gasteiger partial charge in [0.2, 0.25) is 5.91 Å². The minimum atomic E-state index is -0.840. The highest BCUT2D eigenvalue weighted by Gasteiger charge is 2.32. The zero-order valence-electron chi connectivity index (χ0n) is 25.3. The van der Waals surface area contributed by atoms with E-state index in [9.17, 15) is 14.7 Å². The van der Waals surface area contributed by atoms with Gasteiger partial charge in [-0.1, -0.05) is 78.5 Å². The second-order valence-corrected chi connectivity index (χ2v) is 12.2. The molecule has 1 aromatic heterocycles. The normalized spacial score (nSPS) is 18.0. The van der Waals surface area contributed by atoms with E-state index in [1.807, 2.05) is 72.4 Å². The van der Waals surface area contributed by atoms with Gasteiger partial charge in [0.25, 0.3) is 0 Å². The molecule has 9 nitrogen and oxygen atoms in total. The number of hydrogen-bond donors (Lipinski definition) is 3. The zero-order chi connectivity index (χ0) is 31.6. The molecule has 1 fully saturated rings. The number of ether oxygens (including phenoxy) is 2. The van der Waals surface area contributed by atoms with Crippen LogP contribution in [0.5, 0.6) is 0 Å². The van der Waals surface area contributed by atoms with Gasteiger partial charge in [0.05, 0.1) is 18.8 Å². The number of aliphatic carboxylic acids is 1. The van der Waals surface area contributed by atoms with Crippen LogP contribution >= 0.6 is 11.8 Å². The third kappa shape index (κ3) is 9.27. The van der Waals surface area contributed by atoms with Gasteiger partial charge in [-0.2, -0.15) is 0 Å². The molecule has 1 aliphatic heterocycles. The van der Waals surface area contributed by atoms with E-state index in [1.54, 1.807) is 18.0 Å². The molecule has 0 spiro atoms. The Kier molecular flexibility index (Phi) is 11.4. The van der Waals surface area contributed by atoms with Crippen LogP contribution in [0.25, 0.3) is 11.1 Å². The smallest absolute Gasteiger partial charge is 0.303 e. The number of carbonyl (C=O) groups excluding carboxylic acids is 1. The minimum Gasteiger partial charge on any atom is -0.481 e. The molecule has 2 heterocycles. The maximum Gasteiger partial charge on any atom is 0.303 e. The maximum absolute atomic E-state index is 12.2. The monoisotopic (exact) mass is 629 g/mol. The van der Waals surface area contributed by atoms with Gasteiger partial charge in [-0.3, -0.25) is 9.59 Å². The van der Waals surface area contributed by atoms with E-state index >= 15 is 0 Å². The molecule has 4 aromatic rings. The molecule has 45 heavy (non-hydrogen) atoms. The molecule has 1 amide bonds. The summed E-state index contributed by atoms with van der Waals surface area (Å²) in [6.07, 6.45) is 5.12. The van der Waals surface area contributed by atoms with E-state index in [2.05, 4.69) is 28.5 Å². The predicted octanol–water partition coefficient (Wildman–Crippen LogP) is 6.18. The van der Waals surface area contributed by atoms with Crippen molar-refractivity contribution in [3.8, 4) is 11.1 Å². The van der Waals surface area contributed by atoms with E-state index in [-0.39, 0.29) is 31.1 Å². The van der Waals surface area contributed by atoms with Crippen LogP contribution in [0.4, 0.5) is 0 Å². The Balaban J connectivity index is 1.24. The minimum absolute atomic E-state index is 0.000540. The number of aromatic nitrogens is 2. The van der Waals surface area contributed by atoms with Crippen molar-refractivity contribution in [1.82, 2.24) is 14.9 Å². The van der Waals surface area contributed by atoms with Crippen molar-refractivity contribution in [3.05, 3.63) is 107 Å². The number of aryl methyl sites for hydroxylation is 1. The first kappa shape index (κ1) is 32.4. The van der Waals surface area contributed by atoms with Crippen molar-refractivity contribution in [2.45, 2.75) is 68.9 Å². The van der Waals surface area contributed by atoms with Crippen molar-refractivity contribution in [2.24, 2.45) is 7.05 Å². The standard InChI is InChI=1S/C35H39N3O6S/c1-38-18-17-36-35(38)45-23-30-20-31(27-11-9-24(22-39)10-12-27)44-34(43-30)28-15-13-26(14-16-28)29-6-4-5-25(19-29)21-37-32(40)7-2-3-8-33(41)42/h4-6,9-19,30-31,34,39H,2-3,7-8,20-23H2,1H3,(H,37,40)(H,41,42)/t30-,31+,34+/m1/s1. The molecule has 1 saturated heterocycles. The molecule has 3 atom stereocenters. The number of nitrogens with one attached hydrogen (secondary N) is 1. The van der Waals surface area contributed by atoms with Gasteiger partial charge in [0.1, 0.15) is 0 Å². The van der Waals surface area contributed by atoms with E-state index in [4.69, 9.17) is 14.6 Å². The number of amides is 1. The van der Waals surface area contributed by atoms with Gasteiger partial charge < -0.3 is 29.6 Å². The summed E-state index contributed by atoms with van der Waals surface area (Å²) in [5.74, 6) is -0.185. The Hall–Kier alpha value is -3.96. The molecule has 3 N–H and O–H groups in total. The predicted molar refractivity (Wildman–Crippen MR) is 172 cm³/mol. The lowest BCUT2D eigenvalue weighted by Gasteiger charge is -2.36. The lowest BCUT2D eigenvalue weighted by Crippen LogP contribution is -2.31. The fraction of sp³-hybridized carbons (Fsp3) is 0.343. The SMILES string of the molecule is Cn1ccnc1SC[C@H]1C[C@@H](c2ccc(CO)cc2)O[C@@H](c2ccc(-c3cccc(CNC(=O)CCCCC(=O)O)c3)cc2)O1. The summed E-state index contributed by atoms with van der Waals surface area (Å²) in [6, 6.07) is 24.1. The number of rotatable bonds is 14. The summed E-state index contributed by atoms with van der Waals surface area (Å²) >= 11 is 1.66. The number of thioether (sulfide) groups is 1. The number of imidazole rings is 1. The van der Waals surface area contributed by atoms with Crippen molar-refractivity contribution in [3.63, 3.8) is 0 Å². The molecule has 3 aromatic carbocycles. The molecule has 10 heteroatoms. The molecule has 0 bridgehead atoms. The molecule has 236 valence electrons. The number of unbranched alkanes of at least 4 members (excludes halogenated alkanes) is 1. The van der Waals surface area contributed by atoms with Gasteiger partial charge in [0.15, 0.2) is 11.4 Å². The van der Waals surface area contributed by atoms with Crippen molar-refractivity contribution in [1.29, 1.82) is 0 Å². The molecular weight excluding hydrogens is 590 g/mol. The van der Waals surface area contributed by atoms with Crippen molar-refractivity contribution >= 4 is 23.6 Å². The highest BCUT2D eigenvalue weighted by molar-refractivity contribution is 7.99. The van der Waals surface area contributed by atoms with E-state index in [0.717, 1.165) is 44.3 Å². The van der Waals surface area contributed by atoms with E-state index in [0.29, 0.717) is 32.2 Å². The summed E-state index contributed by atoms with van der Waals surface area (Å²) in [7, 11) is 1.98. The van der Waals surface area contributed by atoms with Gasteiger partial charge in [0, 0.05) is 56.6 Å². The van der Waals surface area contributed by atoms with Gasteiger partial charge in [-0.25, -0.2) is 4.98 Å². The van der Waals surface area contributed by atoms with Gasteiger partial charge >= 0.3 is 5.97 Å². The summed E-state index contributed by atoms with van der Waals surface area (Å²) in [5.41, 5.74) is 5.89. The highest BCUT2D eigenvalue weighted by atomic mass is 32.2. The fourth-order valence-corrected chi connectivity index (χ4v) is 6.18. The average Bonchev–Trinajstić information content (AvgIpc) is 3.49. The van der Waals surface area contributed by atoms with Crippen LogP contribution in [0.3, 0.4) is 0 Å². The topological polar surface area (TPSA) is 123 Å². The molecule has 0 saturated carbocycles. The summed E-state index contributed by atoms with van der Waals surface area (Å²) in [6.45, 7) is 0.409. The van der Waals surface area contributed by atoms with Crippen LogP contribution in [-0.2, 0) is 39.3 Å². The highest BCUT2D eigenvalue weighted by Crippen LogP contribution is 2.39. The number of aliphatic hydroxyl groups excluding tert-OH is 1. The third-order valence-corrected chi connectivity index (χ3v) is 8.96. The van der Waals surface area contributed by atoms with E-state index in [1.165, 1.54) is 0 Å². The zero-order valence-corrected chi connectivity index (χ0v) is 26.1. The quantitative estimate of drug-likeness (QED) is 0.112. The summed E-state index contributed by atoms with van der Waals surface area (Å²) < 4.78 is 15.0. The number of carboxylic acids is 1. The largest absolute Gasteiger partial charge is 0.481 e. The maximum atomic E-state index is 12.2. The first-order valence-electron chi connectivity index (χ1n) is 15.2. The molecule has 0 aliphatic carbocycles. The summed E-state index contributed by atoms with van der Waals surface area (Å²) in [5, 5.41) is 22.1. The first-order chi connectivity index (χ1) is 21.9. The Morgan fingerprint density at radius 3 is 2.42 bits per heavy atom. The van der Waals surface area contributed by atoms with Crippen LogP contribution in [0.15, 0.2) is 90.3 Å². The van der Waals surface area contributed by atoms with Crippen LogP contribution < -0.4 is 5.32 Å². The lowest BCUT2D eigenvalue weighted by atomic mass is 9.99. The van der Waals surface area contributed by atoms with Gasteiger partial charge in [-0.05, 0) is 46.7 Å². The number of nitrogens with zero attached hydrogens (tertiary/aromatic N) is 2. The Bertz CT molecular complexity index is 1560. The van der Waals surface area contributed by atoms with Crippen molar-refractivity contribution in [2.75, 3.05) is 5.75 Å². The number of carbonyl (C=O) groups is 2. The number of carboxylic acid groups (broad SMARTS) is 1. The molecule has 0 radical (unpaired) electrons. The van der Waals surface area contributed by atoms with Crippen molar-refractivity contribution < 1.29 is 29.3 Å². The Morgan fingerprint density at radius 2 is 1.71 bits per heavy atom. The number of hydrogen-bond acceptors (Lipinski definition) is 7. The van der Waals surface area contributed by atoms with Crippen LogP contribution in [0.2, 0.25) is 0 Å². The number of benzene rings is 3. The molecular formula is C35H39N3O6S. The third-order valence-electron chi connectivity index (χ3n) is 7.77. The van der Waals surface area contributed by atoms with Crippen LogP contribution in [-0.4, -0.2) is 43.5 Å². The fourth-order valence-electron chi connectivity index (χ4n) is 5.23. The average molecular weight is 630 g/mol. The molecule has 1 aliphatic rings. The number of aliphatic hydroxyl groups is 1. The van der Waals surface area contributed by atoms with Crippen LogP contribution in [0.1, 0.15) is 66.8 Å². The second-order valence-electron chi connectivity index (χ2n) is 11.2. The summed E-state index contributed by atoms with van der Waals surface area (Å²) in [4.78, 5) is 27.3. The second kappa shape index (κ2) is 15.9. The molecule has 0 unspecified atom stereocenters. The Morgan fingerprint density at radius 1 is 0.956 bits per heavy atom. The molecule has 5 rings (SSSR count). The van der Waals surface area contributed by atoms with E-state index < -0.39 is 12.3 Å². The van der Waals surface area contributed by atoms with Crippen LogP contribution in [0, 0.1) is 0 Å². The first-order valence-corrected chi connectivity index (χ1v) is 16.1. The lowest BCUT2D eigenvalue weighted by molar-refractivity contribution is -0.245. The Labute approximate surface area is 267 Å².